The van der Waals surface area contributed by atoms with Gasteiger partial charge < -0.3 is 9.64 Å². The second kappa shape index (κ2) is 8.38. The van der Waals surface area contributed by atoms with E-state index >= 15 is 0 Å². The number of anilines is 1. The molecular weight excluding hydrogens is 386 g/mol. The average molecular weight is 414 g/mol. The van der Waals surface area contributed by atoms with E-state index in [0.29, 0.717) is 12.3 Å². The molecule has 4 nitrogen and oxygen atoms in total. The molecule has 0 bridgehead atoms. The molecule has 0 spiro atoms. The van der Waals surface area contributed by atoms with Crippen molar-refractivity contribution < 1.29 is 14.3 Å². The highest BCUT2D eigenvalue weighted by atomic mass is 16.5. The van der Waals surface area contributed by atoms with E-state index in [2.05, 4.69) is 26.0 Å². The van der Waals surface area contributed by atoms with E-state index in [1.165, 1.54) is 5.56 Å². The minimum atomic E-state index is -0.464. The number of nitrogens with zero attached hydrogens (tertiary/aromatic N) is 1. The third kappa shape index (κ3) is 4.38. The van der Waals surface area contributed by atoms with Crippen molar-refractivity contribution in [3.05, 3.63) is 95.6 Å². The van der Waals surface area contributed by atoms with Gasteiger partial charge >= 0.3 is 5.97 Å². The van der Waals surface area contributed by atoms with Crippen molar-refractivity contribution >= 4 is 17.6 Å². The highest BCUT2D eigenvalue weighted by Crippen LogP contribution is 2.32. The summed E-state index contributed by atoms with van der Waals surface area (Å²) >= 11 is 0. The largest absolute Gasteiger partial charge is 0.426 e. The average Bonchev–Trinajstić information content (AvgIpc) is 3.17. The molecule has 0 aliphatic carbocycles. The number of ether oxygens (including phenoxy) is 1. The van der Waals surface area contributed by atoms with Crippen LogP contribution in [0.3, 0.4) is 0 Å². The number of esters is 1. The van der Waals surface area contributed by atoms with Gasteiger partial charge in [0.15, 0.2) is 0 Å². The van der Waals surface area contributed by atoms with Gasteiger partial charge in [-0.2, -0.15) is 0 Å². The lowest BCUT2D eigenvalue weighted by Gasteiger charge is -2.26. The molecule has 158 valence electrons. The monoisotopic (exact) mass is 413 g/mol. The van der Waals surface area contributed by atoms with E-state index in [1.54, 1.807) is 4.90 Å². The van der Waals surface area contributed by atoms with Crippen LogP contribution < -0.4 is 9.64 Å². The van der Waals surface area contributed by atoms with Gasteiger partial charge in [-0.1, -0.05) is 74.0 Å². The van der Waals surface area contributed by atoms with Crippen LogP contribution in [0.15, 0.2) is 78.9 Å². The van der Waals surface area contributed by atoms with E-state index in [0.717, 1.165) is 16.8 Å². The SMILES string of the molecule is Cc1ccc(N2C[C@@H](C(=O)Oc3ccc(C(C)(C)c4ccccc4)cc3)CC2=O)cc1. The normalized spacial score (nSPS) is 16.4. The number of carbonyl (C=O) groups excluding carboxylic acids is 2. The van der Waals surface area contributed by atoms with Gasteiger partial charge in [0.1, 0.15) is 5.75 Å². The number of amides is 1. The first-order valence-electron chi connectivity index (χ1n) is 10.6. The molecule has 0 unspecified atom stereocenters. The molecule has 4 rings (SSSR count). The van der Waals surface area contributed by atoms with Crippen LogP contribution in [-0.2, 0) is 15.0 Å². The van der Waals surface area contributed by atoms with Crippen LogP contribution in [0.25, 0.3) is 0 Å². The van der Waals surface area contributed by atoms with Gasteiger partial charge in [-0.25, -0.2) is 0 Å². The van der Waals surface area contributed by atoms with Crippen molar-refractivity contribution in [1.82, 2.24) is 0 Å². The Morgan fingerprint density at radius 2 is 1.52 bits per heavy atom. The standard InChI is InChI=1S/C27H27NO3/c1-19-9-13-23(14-10-19)28-18-20(17-25(28)29)26(30)31-24-15-11-22(12-16-24)27(2,3)21-7-5-4-6-8-21/h4-16,20H,17-18H2,1-3H3/t20-/m0/s1. The number of carbonyl (C=O) groups is 2. The summed E-state index contributed by atoms with van der Waals surface area (Å²) in [6.07, 6.45) is 0.172. The topological polar surface area (TPSA) is 46.6 Å². The number of benzene rings is 3. The lowest BCUT2D eigenvalue weighted by Crippen LogP contribution is -2.27. The van der Waals surface area contributed by atoms with Gasteiger partial charge in [0, 0.05) is 24.1 Å². The molecule has 1 amide bonds. The maximum absolute atomic E-state index is 12.7. The molecule has 0 aromatic heterocycles. The van der Waals surface area contributed by atoms with Gasteiger partial charge in [-0.15, -0.1) is 0 Å². The molecule has 0 saturated carbocycles. The molecular formula is C27H27NO3. The Bertz CT molecular complexity index is 1070. The van der Waals surface area contributed by atoms with Gasteiger partial charge in [0.25, 0.3) is 0 Å². The van der Waals surface area contributed by atoms with Crippen LogP contribution in [0.2, 0.25) is 0 Å². The summed E-state index contributed by atoms with van der Waals surface area (Å²) in [6, 6.07) is 25.7. The fourth-order valence-electron chi connectivity index (χ4n) is 4.00. The van der Waals surface area contributed by atoms with Gasteiger partial charge in [-0.05, 0) is 42.3 Å². The molecule has 31 heavy (non-hydrogen) atoms. The van der Waals surface area contributed by atoms with E-state index < -0.39 is 5.92 Å². The lowest BCUT2D eigenvalue weighted by molar-refractivity contribution is -0.139. The Morgan fingerprint density at radius 1 is 0.903 bits per heavy atom. The molecule has 3 aromatic carbocycles. The quantitative estimate of drug-likeness (QED) is 0.422. The smallest absolute Gasteiger partial charge is 0.316 e. The highest BCUT2D eigenvalue weighted by molar-refractivity contribution is 5.99. The Balaban J connectivity index is 1.42. The van der Waals surface area contributed by atoms with E-state index in [1.807, 2.05) is 73.7 Å². The van der Waals surface area contributed by atoms with Crippen LogP contribution in [0.1, 0.15) is 37.0 Å². The molecule has 1 fully saturated rings. The molecule has 0 N–H and O–H groups in total. The number of rotatable bonds is 5. The first-order chi connectivity index (χ1) is 14.8. The summed E-state index contributed by atoms with van der Waals surface area (Å²) in [5, 5.41) is 0. The summed E-state index contributed by atoms with van der Waals surface area (Å²) in [6.45, 7) is 6.70. The number of aryl methyl sites for hydroxylation is 1. The Kier molecular flexibility index (Phi) is 5.64. The third-order valence-electron chi connectivity index (χ3n) is 6.09. The van der Waals surface area contributed by atoms with E-state index in [4.69, 9.17) is 4.74 Å². The second-order valence-corrected chi connectivity index (χ2v) is 8.68. The predicted octanol–water partition coefficient (Wildman–Crippen LogP) is 5.28. The van der Waals surface area contributed by atoms with Gasteiger partial charge in [-0.3, -0.25) is 9.59 Å². The molecule has 1 aliphatic rings. The van der Waals surface area contributed by atoms with E-state index in [9.17, 15) is 9.59 Å². The van der Waals surface area contributed by atoms with Crippen molar-refractivity contribution in [1.29, 1.82) is 0 Å². The van der Waals surface area contributed by atoms with Crippen LogP contribution in [0, 0.1) is 12.8 Å². The molecule has 0 radical (unpaired) electrons. The van der Waals surface area contributed by atoms with Gasteiger partial charge in [0.05, 0.1) is 5.92 Å². The van der Waals surface area contributed by atoms with Crippen LogP contribution >= 0.6 is 0 Å². The van der Waals surface area contributed by atoms with Crippen LogP contribution in [0.5, 0.6) is 5.75 Å². The van der Waals surface area contributed by atoms with Crippen molar-refractivity contribution in [3.63, 3.8) is 0 Å². The third-order valence-corrected chi connectivity index (χ3v) is 6.09. The Morgan fingerprint density at radius 3 is 2.16 bits per heavy atom. The zero-order valence-corrected chi connectivity index (χ0v) is 18.2. The summed E-state index contributed by atoms with van der Waals surface area (Å²) in [5.41, 5.74) is 4.15. The second-order valence-electron chi connectivity index (χ2n) is 8.68. The van der Waals surface area contributed by atoms with Crippen LogP contribution in [0.4, 0.5) is 5.69 Å². The molecule has 1 saturated heterocycles. The number of hydrogen-bond acceptors (Lipinski definition) is 3. The van der Waals surface area contributed by atoms with Crippen LogP contribution in [-0.4, -0.2) is 18.4 Å². The van der Waals surface area contributed by atoms with Crippen molar-refractivity contribution in [2.45, 2.75) is 32.6 Å². The summed E-state index contributed by atoms with van der Waals surface area (Å²) in [4.78, 5) is 26.8. The minimum absolute atomic E-state index is 0.0502. The minimum Gasteiger partial charge on any atom is -0.426 e. The van der Waals surface area contributed by atoms with Crippen molar-refractivity contribution in [3.8, 4) is 5.75 Å². The first-order valence-corrected chi connectivity index (χ1v) is 10.6. The first kappa shape index (κ1) is 20.9. The molecule has 4 heteroatoms. The summed E-state index contributed by atoms with van der Waals surface area (Å²) < 4.78 is 5.61. The maximum Gasteiger partial charge on any atom is 0.316 e. The fraction of sp³-hybridized carbons (Fsp3) is 0.259. The van der Waals surface area contributed by atoms with E-state index in [-0.39, 0.29) is 23.7 Å². The maximum atomic E-state index is 12.7. The lowest BCUT2D eigenvalue weighted by atomic mass is 9.78. The molecule has 1 aliphatic heterocycles. The molecule has 1 heterocycles. The highest BCUT2D eigenvalue weighted by Gasteiger charge is 2.36. The molecule has 1 atom stereocenters. The Hall–Kier alpha value is -3.40. The number of hydrogen-bond donors (Lipinski definition) is 0. The summed E-state index contributed by atoms with van der Waals surface area (Å²) in [5.74, 6) is -0.378. The fourth-order valence-corrected chi connectivity index (χ4v) is 4.00. The van der Waals surface area contributed by atoms with Gasteiger partial charge in [0.2, 0.25) is 5.91 Å². The molecule has 3 aromatic rings. The summed E-state index contributed by atoms with van der Waals surface area (Å²) in [7, 11) is 0. The Labute approximate surface area is 183 Å². The predicted molar refractivity (Wildman–Crippen MR) is 122 cm³/mol. The van der Waals surface area contributed by atoms with Crippen molar-refractivity contribution in [2.75, 3.05) is 11.4 Å². The zero-order chi connectivity index (χ0) is 22.0. The zero-order valence-electron chi connectivity index (χ0n) is 18.2. The van der Waals surface area contributed by atoms with Crippen molar-refractivity contribution in [2.24, 2.45) is 5.92 Å².